The van der Waals surface area contributed by atoms with E-state index < -0.39 is 5.97 Å². The molecule has 0 aromatic heterocycles. The fourth-order valence-electron chi connectivity index (χ4n) is 2.05. The normalized spacial score (nSPS) is 10.2. The Morgan fingerprint density at radius 1 is 1.29 bits per heavy atom. The maximum absolute atomic E-state index is 11.0. The van der Waals surface area contributed by atoms with Crippen molar-refractivity contribution < 1.29 is 14.6 Å². The zero-order valence-corrected chi connectivity index (χ0v) is 12.6. The first-order chi connectivity index (χ1) is 10.0. The molecule has 0 spiro atoms. The molecule has 0 bridgehead atoms. The van der Waals surface area contributed by atoms with Gasteiger partial charge in [0.1, 0.15) is 5.75 Å². The number of carbonyl (C=O) groups is 1. The number of aryl methyl sites for hydroxylation is 1. The predicted octanol–water partition coefficient (Wildman–Crippen LogP) is 3.97. The number of benzene rings is 2. The predicted molar refractivity (Wildman–Crippen MR) is 83.5 cm³/mol. The molecule has 110 valence electrons. The highest BCUT2D eigenvalue weighted by Crippen LogP contribution is 2.22. The summed E-state index contributed by atoms with van der Waals surface area (Å²) >= 11 is 5.84. The van der Waals surface area contributed by atoms with E-state index in [4.69, 9.17) is 21.4 Å². The third-order valence-corrected chi connectivity index (χ3v) is 3.48. The zero-order chi connectivity index (χ0) is 15.4. The van der Waals surface area contributed by atoms with Crippen LogP contribution >= 0.6 is 11.6 Å². The maximum atomic E-state index is 11.0. The number of nitrogens with one attached hydrogen (secondary N) is 1. The van der Waals surface area contributed by atoms with Crippen molar-refractivity contribution in [2.24, 2.45) is 0 Å². The number of methoxy groups -OCH3 is 1. The molecule has 2 rings (SSSR count). The van der Waals surface area contributed by atoms with E-state index in [-0.39, 0.29) is 10.6 Å². The van der Waals surface area contributed by atoms with Gasteiger partial charge in [0.15, 0.2) is 0 Å². The standard InChI is InChI=1S/C16H16ClNO3/c1-10-7-11(3-6-15(10)21-2)9-18-12-4-5-14(17)13(8-12)16(19)20/h3-8,18H,9H2,1-2H3,(H,19,20). The molecule has 0 aliphatic carbocycles. The van der Waals surface area contributed by atoms with Crippen LogP contribution in [-0.4, -0.2) is 18.2 Å². The molecule has 0 aliphatic heterocycles. The molecule has 21 heavy (non-hydrogen) atoms. The molecular weight excluding hydrogens is 290 g/mol. The first-order valence-electron chi connectivity index (χ1n) is 6.41. The molecule has 0 unspecified atom stereocenters. The van der Waals surface area contributed by atoms with Gasteiger partial charge < -0.3 is 15.2 Å². The van der Waals surface area contributed by atoms with Crippen molar-refractivity contribution in [1.29, 1.82) is 0 Å². The second-order valence-electron chi connectivity index (χ2n) is 4.66. The minimum atomic E-state index is -1.04. The molecule has 5 heteroatoms. The molecule has 0 amide bonds. The smallest absolute Gasteiger partial charge is 0.337 e. The minimum Gasteiger partial charge on any atom is -0.496 e. The molecule has 2 aromatic rings. The molecule has 2 aromatic carbocycles. The minimum absolute atomic E-state index is 0.0904. The number of anilines is 1. The van der Waals surface area contributed by atoms with Crippen molar-refractivity contribution in [2.75, 3.05) is 12.4 Å². The SMILES string of the molecule is COc1ccc(CNc2ccc(Cl)c(C(=O)O)c2)cc1C. The van der Waals surface area contributed by atoms with Gasteiger partial charge in [0, 0.05) is 12.2 Å². The van der Waals surface area contributed by atoms with Gasteiger partial charge in [-0.05, 0) is 42.3 Å². The molecular formula is C16H16ClNO3. The molecule has 4 nitrogen and oxygen atoms in total. The van der Waals surface area contributed by atoms with Crippen LogP contribution in [0.15, 0.2) is 36.4 Å². The lowest BCUT2D eigenvalue weighted by molar-refractivity contribution is 0.0697. The molecule has 0 saturated carbocycles. The Morgan fingerprint density at radius 2 is 2.05 bits per heavy atom. The number of aromatic carboxylic acids is 1. The monoisotopic (exact) mass is 305 g/mol. The van der Waals surface area contributed by atoms with Crippen LogP contribution in [0, 0.1) is 6.92 Å². The molecule has 0 saturated heterocycles. The average molecular weight is 306 g/mol. The van der Waals surface area contributed by atoms with Gasteiger partial charge in [0.05, 0.1) is 17.7 Å². The van der Waals surface area contributed by atoms with Crippen LogP contribution in [0.4, 0.5) is 5.69 Å². The van der Waals surface area contributed by atoms with Crippen molar-refractivity contribution in [3.8, 4) is 5.75 Å². The van der Waals surface area contributed by atoms with Crippen LogP contribution in [0.1, 0.15) is 21.5 Å². The van der Waals surface area contributed by atoms with Crippen molar-refractivity contribution in [1.82, 2.24) is 0 Å². The Hall–Kier alpha value is -2.20. The lowest BCUT2D eigenvalue weighted by Gasteiger charge is -2.10. The van der Waals surface area contributed by atoms with E-state index in [2.05, 4.69) is 5.32 Å². The fraction of sp³-hybridized carbons (Fsp3) is 0.188. The Bertz CT molecular complexity index is 671. The van der Waals surface area contributed by atoms with E-state index in [1.54, 1.807) is 19.2 Å². The number of rotatable bonds is 5. The number of carboxylic acid groups (broad SMARTS) is 1. The van der Waals surface area contributed by atoms with Gasteiger partial charge in [-0.2, -0.15) is 0 Å². The molecule has 0 aliphatic rings. The Morgan fingerprint density at radius 3 is 2.67 bits per heavy atom. The Kier molecular flexibility index (Phi) is 4.70. The molecule has 0 heterocycles. The Balaban J connectivity index is 2.11. The van der Waals surface area contributed by atoms with Gasteiger partial charge in [-0.1, -0.05) is 23.7 Å². The fourth-order valence-corrected chi connectivity index (χ4v) is 2.25. The zero-order valence-electron chi connectivity index (χ0n) is 11.8. The van der Waals surface area contributed by atoms with E-state index in [0.717, 1.165) is 16.9 Å². The third kappa shape index (κ3) is 3.67. The first kappa shape index (κ1) is 15.2. The van der Waals surface area contributed by atoms with E-state index in [1.807, 2.05) is 25.1 Å². The van der Waals surface area contributed by atoms with Crippen LogP contribution in [0.25, 0.3) is 0 Å². The number of hydrogen-bond donors (Lipinski definition) is 2. The summed E-state index contributed by atoms with van der Waals surface area (Å²) in [5.74, 6) is -0.192. The van der Waals surface area contributed by atoms with Crippen LogP contribution in [0.5, 0.6) is 5.75 Å². The average Bonchev–Trinajstić information content (AvgIpc) is 2.46. The maximum Gasteiger partial charge on any atom is 0.337 e. The largest absolute Gasteiger partial charge is 0.496 e. The second kappa shape index (κ2) is 6.50. The van der Waals surface area contributed by atoms with E-state index in [9.17, 15) is 4.79 Å². The van der Waals surface area contributed by atoms with Crippen LogP contribution in [0.2, 0.25) is 5.02 Å². The molecule has 0 fully saturated rings. The van der Waals surface area contributed by atoms with Gasteiger partial charge in [-0.15, -0.1) is 0 Å². The quantitative estimate of drug-likeness (QED) is 0.877. The number of hydrogen-bond acceptors (Lipinski definition) is 3. The van der Waals surface area contributed by atoms with Crippen LogP contribution in [0.3, 0.4) is 0 Å². The molecule has 0 atom stereocenters. The van der Waals surface area contributed by atoms with Gasteiger partial charge >= 0.3 is 5.97 Å². The first-order valence-corrected chi connectivity index (χ1v) is 6.79. The summed E-state index contributed by atoms with van der Waals surface area (Å²) < 4.78 is 5.22. The summed E-state index contributed by atoms with van der Waals surface area (Å²) in [6.07, 6.45) is 0. The van der Waals surface area contributed by atoms with E-state index in [1.165, 1.54) is 6.07 Å². The summed E-state index contributed by atoms with van der Waals surface area (Å²) in [5, 5.41) is 12.5. The third-order valence-electron chi connectivity index (χ3n) is 3.15. The summed E-state index contributed by atoms with van der Waals surface area (Å²) in [7, 11) is 1.64. The van der Waals surface area contributed by atoms with Gasteiger partial charge in [-0.25, -0.2) is 4.79 Å². The number of halogens is 1. The van der Waals surface area contributed by atoms with Crippen molar-refractivity contribution in [3.63, 3.8) is 0 Å². The van der Waals surface area contributed by atoms with Crippen molar-refractivity contribution >= 4 is 23.3 Å². The second-order valence-corrected chi connectivity index (χ2v) is 5.06. The highest BCUT2D eigenvalue weighted by molar-refractivity contribution is 6.33. The van der Waals surface area contributed by atoms with Gasteiger partial charge in [0.25, 0.3) is 0 Å². The summed E-state index contributed by atoms with van der Waals surface area (Å²) in [6.45, 7) is 2.57. The van der Waals surface area contributed by atoms with Crippen LogP contribution in [-0.2, 0) is 6.54 Å². The topological polar surface area (TPSA) is 58.6 Å². The summed E-state index contributed by atoms with van der Waals surface area (Å²) in [5.41, 5.74) is 2.94. The molecule has 0 radical (unpaired) electrons. The Labute approximate surface area is 128 Å². The molecule has 2 N–H and O–H groups in total. The van der Waals surface area contributed by atoms with Crippen molar-refractivity contribution in [3.05, 3.63) is 58.1 Å². The number of ether oxygens (including phenoxy) is 1. The van der Waals surface area contributed by atoms with E-state index >= 15 is 0 Å². The lowest BCUT2D eigenvalue weighted by Crippen LogP contribution is -2.03. The highest BCUT2D eigenvalue weighted by Gasteiger charge is 2.09. The van der Waals surface area contributed by atoms with Gasteiger partial charge in [0.2, 0.25) is 0 Å². The number of carboxylic acids is 1. The highest BCUT2D eigenvalue weighted by atomic mass is 35.5. The lowest BCUT2D eigenvalue weighted by atomic mass is 10.1. The van der Waals surface area contributed by atoms with Crippen LogP contribution < -0.4 is 10.1 Å². The van der Waals surface area contributed by atoms with Gasteiger partial charge in [-0.3, -0.25) is 0 Å². The summed E-state index contributed by atoms with van der Waals surface area (Å²) in [6, 6.07) is 10.8. The van der Waals surface area contributed by atoms with Crippen molar-refractivity contribution in [2.45, 2.75) is 13.5 Å². The summed E-state index contributed by atoms with van der Waals surface area (Å²) in [4.78, 5) is 11.0. The van der Waals surface area contributed by atoms with E-state index in [0.29, 0.717) is 12.2 Å².